The Hall–Kier alpha value is -4.46. The molecule has 1 N–H and O–H groups in total. The lowest BCUT2D eigenvalue weighted by Gasteiger charge is -2.29. The van der Waals surface area contributed by atoms with Gasteiger partial charge in [-0.1, -0.05) is 56.3 Å². The zero-order valence-corrected chi connectivity index (χ0v) is 22.3. The van der Waals surface area contributed by atoms with E-state index in [1.807, 2.05) is 45.0 Å². The normalized spacial score (nSPS) is 11.0. The number of benzene rings is 3. The number of para-hydroxylation sites is 2. The molecule has 4 aromatic rings. The number of nitrogens with one attached hydrogen (secondary N) is 1. The lowest BCUT2D eigenvalue weighted by atomic mass is 10.1. The molecule has 39 heavy (non-hydrogen) atoms. The molecule has 0 aliphatic heterocycles. The Bertz CT molecular complexity index is 1510. The average Bonchev–Trinajstić information content (AvgIpc) is 2.91. The van der Waals surface area contributed by atoms with Gasteiger partial charge in [0.15, 0.2) is 5.43 Å². The van der Waals surface area contributed by atoms with Crippen LogP contribution >= 0.6 is 0 Å². The summed E-state index contributed by atoms with van der Waals surface area (Å²) in [5, 5.41) is 3.32. The fourth-order valence-electron chi connectivity index (χ4n) is 4.31. The third kappa shape index (κ3) is 7.10. The van der Waals surface area contributed by atoms with Crippen molar-refractivity contribution in [3.8, 4) is 0 Å². The van der Waals surface area contributed by atoms with Gasteiger partial charge in [-0.15, -0.1) is 0 Å². The van der Waals surface area contributed by atoms with Gasteiger partial charge in [0.2, 0.25) is 5.91 Å². The van der Waals surface area contributed by atoms with Crippen LogP contribution in [0, 0.1) is 18.7 Å². The summed E-state index contributed by atoms with van der Waals surface area (Å²) in [4.78, 5) is 43.1. The summed E-state index contributed by atoms with van der Waals surface area (Å²) >= 11 is 0. The molecule has 202 valence electrons. The van der Waals surface area contributed by atoms with E-state index in [1.54, 1.807) is 36.4 Å². The third-order valence-corrected chi connectivity index (χ3v) is 6.34. The Kier molecular flexibility index (Phi) is 8.76. The molecule has 0 aliphatic carbocycles. The van der Waals surface area contributed by atoms with Crippen LogP contribution in [0.3, 0.4) is 0 Å². The van der Waals surface area contributed by atoms with E-state index in [-0.39, 0.29) is 42.7 Å². The van der Waals surface area contributed by atoms with Gasteiger partial charge in [-0.3, -0.25) is 9.59 Å². The molecule has 0 saturated heterocycles. The van der Waals surface area contributed by atoms with Crippen molar-refractivity contribution in [3.05, 3.63) is 112 Å². The Morgan fingerprint density at radius 2 is 1.62 bits per heavy atom. The SMILES string of the molecule is Cc1ccccc1NC(=O)N(CC(=O)N(Cc1ccc(F)cc1)Cc1coc2ccccc2c1=O)CC(C)C. The second-order valence-electron chi connectivity index (χ2n) is 9.98. The maximum Gasteiger partial charge on any atom is 0.322 e. The minimum atomic E-state index is -0.390. The molecular weight excluding hydrogens is 497 g/mol. The molecule has 7 nitrogen and oxygen atoms in total. The molecule has 3 amide bonds. The number of nitrogens with zero attached hydrogens (tertiary/aromatic N) is 2. The summed E-state index contributed by atoms with van der Waals surface area (Å²) in [6.45, 7) is 6.08. The first kappa shape index (κ1) is 27.6. The van der Waals surface area contributed by atoms with E-state index >= 15 is 0 Å². The van der Waals surface area contributed by atoms with Crippen LogP contribution in [0.15, 0.2) is 88.3 Å². The monoisotopic (exact) mass is 529 g/mol. The van der Waals surface area contributed by atoms with Gasteiger partial charge in [-0.05, 0) is 54.3 Å². The number of hydrogen-bond acceptors (Lipinski definition) is 4. The van der Waals surface area contributed by atoms with Crippen molar-refractivity contribution in [2.24, 2.45) is 5.92 Å². The van der Waals surface area contributed by atoms with E-state index in [0.717, 1.165) is 5.56 Å². The number of amides is 3. The number of fused-ring (bicyclic) bond motifs is 1. The number of rotatable bonds is 9. The van der Waals surface area contributed by atoms with Crippen LogP contribution in [0.5, 0.6) is 0 Å². The zero-order chi connectivity index (χ0) is 27.9. The van der Waals surface area contributed by atoms with Crippen LogP contribution in [0.2, 0.25) is 0 Å². The van der Waals surface area contributed by atoms with Gasteiger partial charge in [-0.2, -0.15) is 0 Å². The van der Waals surface area contributed by atoms with E-state index < -0.39 is 6.03 Å². The molecule has 8 heteroatoms. The maximum atomic E-state index is 13.7. The summed E-state index contributed by atoms with van der Waals surface area (Å²) < 4.78 is 19.2. The number of anilines is 1. The summed E-state index contributed by atoms with van der Waals surface area (Å²) in [6, 6.07) is 19.8. The Labute approximate surface area is 226 Å². The van der Waals surface area contributed by atoms with Crippen molar-refractivity contribution < 1.29 is 18.4 Å². The standard InChI is InChI=1S/C31H32FN3O4/c1-21(2)16-35(31(38)33-27-10-6-4-8-22(27)3)19-29(36)34(17-23-12-14-25(32)15-13-23)18-24-20-39-28-11-7-5-9-26(28)30(24)37/h4-15,20-21H,16-19H2,1-3H3,(H,33,38). The topological polar surface area (TPSA) is 82.9 Å². The number of hydrogen-bond donors (Lipinski definition) is 1. The van der Waals surface area contributed by atoms with Crippen LogP contribution in [-0.4, -0.2) is 34.8 Å². The van der Waals surface area contributed by atoms with E-state index in [4.69, 9.17) is 4.42 Å². The number of halogens is 1. The first-order valence-corrected chi connectivity index (χ1v) is 12.8. The molecule has 0 bridgehead atoms. The van der Waals surface area contributed by atoms with Crippen molar-refractivity contribution in [2.75, 3.05) is 18.4 Å². The maximum absolute atomic E-state index is 13.7. The molecule has 0 atom stereocenters. The highest BCUT2D eigenvalue weighted by molar-refractivity contribution is 5.93. The van der Waals surface area contributed by atoms with E-state index in [9.17, 15) is 18.8 Å². The quantitative estimate of drug-likeness (QED) is 0.290. The van der Waals surface area contributed by atoms with Gasteiger partial charge in [0, 0.05) is 18.8 Å². The number of urea groups is 1. The van der Waals surface area contributed by atoms with Crippen LogP contribution in [0.1, 0.15) is 30.5 Å². The van der Waals surface area contributed by atoms with Gasteiger partial charge < -0.3 is 19.5 Å². The lowest BCUT2D eigenvalue weighted by molar-refractivity contribution is -0.133. The van der Waals surface area contributed by atoms with Gasteiger partial charge in [0.1, 0.15) is 17.9 Å². The predicted molar refractivity (Wildman–Crippen MR) is 150 cm³/mol. The van der Waals surface area contributed by atoms with Gasteiger partial charge in [-0.25, -0.2) is 9.18 Å². The third-order valence-electron chi connectivity index (χ3n) is 6.34. The zero-order valence-electron chi connectivity index (χ0n) is 22.3. The lowest BCUT2D eigenvalue weighted by Crippen LogP contribution is -2.45. The highest BCUT2D eigenvalue weighted by Crippen LogP contribution is 2.17. The summed E-state index contributed by atoms with van der Waals surface area (Å²) in [5.74, 6) is -0.631. The number of carbonyl (C=O) groups is 2. The summed E-state index contributed by atoms with van der Waals surface area (Å²) in [6.07, 6.45) is 1.37. The molecule has 1 aromatic heterocycles. The fourth-order valence-corrected chi connectivity index (χ4v) is 4.31. The van der Waals surface area contributed by atoms with Crippen LogP contribution in [0.4, 0.5) is 14.9 Å². The van der Waals surface area contributed by atoms with Gasteiger partial charge in [0.25, 0.3) is 0 Å². The highest BCUT2D eigenvalue weighted by Gasteiger charge is 2.24. The van der Waals surface area contributed by atoms with Gasteiger partial charge >= 0.3 is 6.03 Å². The molecule has 4 rings (SSSR count). The van der Waals surface area contributed by atoms with E-state index in [0.29, 0.717) is 34.3 Å². The van der Waals surface area contributed by atoms with Crippen LogP contribution in [0.25, 0.3) is 11.0 Å². The molecule has 0 radical (unpaired) electrons. The second-order valence-corrected chi connectivity index (χ2v) is 9.98. The number of aryl methyl sites for hydroxylation is 1. The van der Waals surface area contributed by atoms with Crippen LogP contribution < -0.4 is 10.7 Å². The fraction of sp³-hybridized carbons (Fsp3) is 0.258. The van der Waals surface area contributed by atoms with Crippen molar-refractivity contribution in [2.45, 2.75) is 33.9 Å². The molecule has 3 aromatic carbocycles. The Balaban J connectivity index is 1.61. The molecule has 0 unspecified atom stereocenters. The molecule has 0 saturated carbocycles. The first-order chi connectivity index (χ1) is 18.7. The van der Waals surface area contributed by atoms with Crippen LogP contribution in [-0.2, 0) is 17.9 Å². The predicted octanol–water partition coefficient (Wildman–Crippen LogP) is 5.96. The smallest absolute Gasteiger partial charge is 0.322 e. The first-order valence-electron chi connectivity index (χ1n) is 12.8. The average molecular weight is 530 g/mol. The molecule has 0 fully saturated rings. The summed E-state index contributed by atoms with van der Waals surface area (Å²) in [5.41, 5.74) is 2.80. The molecule has 0 aliphatic rings. The van der Waals surface area contributed by atoms with Gasteiger partial charge in [0.05, 0.1) is 23.8 Å². The molecular formula is C31H32FN3O4. The largest absolute Gasteiger partial charge is 0.464 e. The minimum Gasteiger partial charge on any atom is -0.464 e. The van der Waals surface area contributed by atoms with E-state index in [2.05, 4.69) is 5.32 Å². The van der Waals surface area contributed by atoms with Crippen molar-refractivity contribution in [1.29, 1.82) is 0 Å². The molecule has 1 heterocycles. The molecule has 0 spiro atoms. The van der Waals surface area contributed by atoms with Crippen molar-refractivity contribution in [1.82, 2.24) is 9.80 Å². The Morgan fingerprint density at radius 3 is 2.33 bits per heavy atom. The second kappa shape index (κ2) is 12.4. The number of carbonyl (C=O) groups excluding carboxylic acids is 2. The van der Waals surface area contributed by atoms with Crippen molar-refractivity contribution >= 4 is 28.6 Å². The van der Waals surface area contributed by atoms with Crippen molar-refractivity contribution in [3.63, 3.8) is 0 Å². The van der Waals surface area contributed by atoms with E-state index in [1.165, 1.54) is 28.2 Å². The Morgan fingerprint density at radius 1 is 0.923 bits per heavy atom. The highest BCUT2D eigenvalue weighted by atomic mass is 19.1. The summed E-state index contributed by atoms with van der Waals surface area (Å²) in [7, 11) is 0. The minimum absolute atomic E-state index is 0.0295.